The Morgan fingerprint density at radius 1 is 0.712 bits per heavy atom. The molecule has 270 valence electrons. The first-order chi connectivity index (χ1) is 25.4. The van der Waals surface area contributed by atoms with E-state index >= 15 is 4.39 Å². The third-order valence-electron chi connectivity index (χ3n) is 9.65. The number of hydrogen-bond donors (Lipinski definition) is 1. The SMILES string of the molecule is COc1ccc(Cc2cc([C@@]34OCC(CO)(O3)[C@@H](OCc3ccccc3)[C@H](OCc3ccccc3)[C@H]4OCc3ccccc3)ccc2Cl)c(F)c1F. The van der Waals surface area contributed by atoms with Gasteiger partial charge in [0, 0.05) is 17.0 Å². The number of benzene rings is 5. The van der Waals surface area contributed by atoms with Crippen molar-refractivity contribution in [2.75, 3.05) is 20.3 Å². The van der Waals surface area contributed by atoms with Crippen molar-refractivity contribution in [1.29, 1.82) is 0 Å². The highest BCUT2D eigenvalue weighted by atomic mass is 35.5. The molecule has 2 aliphatic heterocycles. The number of methoxy groups -OCH3 is 1. The van der Waals surface area contributed by atoms with Crippen LogP contribution in [-0.4, -0.2) is 49.3 Å². The first-order valence-electron chi connectivity index (χ1n) is 17.1. The van der Waals surface area contributed by atoms with Gasteiger partial charge < -0.3 is 33.5 Å². The Morgan fingerprint density at radius 2 is 1.29 bits per heavy atom. The molecule has 5 aromatic rings. The molecule has 0 aliphatic carbocycles. The molecule has 0 saturated carbocycles. The lowest BCUT2D eigenvalue weighted by molar-refractivity contribution is -0.353. The zero-order valence-electron chi connectivity index (χ0n) is 28.6. The van der Waals surface area contributed by atoms with Crippen molar-refractivity contribution in [1.82, 2.24) is 0 Å². The number of fused-ring (bicyclic) bond motifs is 2. The predicted molar refractivity (Wildman–Crippen MR) is 191 cm³/mol. The molecule has 2 aliphatic rings. The van der Waals surface area contributed by atoms with Gasteiger partial charge in [-0.3, -0.25) is 0 Å². The van der Waals surface area contributed by atoms with Gasteiger partial charge in [-0.15, -0.1) is 0 Å². The van der Waals surface area contributed by atoms with E-state index < -0.39 is 47.9 Å². The van der Waals surface area contributed by atoms with Gasteiger partial charge >= 0.3 is 0 Å². The monoisotopic (exact) mass is 728 g/mol. The van der Waals surface area contributed by atoms with Gasteiger partial charge in [0.2, 0.25) is 11.6 Å². The molecule has 52 heavy (non-hydrogen) atoms. The molecule has 10 heteroatoms. The molecule has 2 saturated heterocycles. The summed E-state index contributed by atoms with van der Waals surface area (Å²) in [4.78, 5) is 0. The molecule has 7 rings (SSSR count). The summed E-state index contributed by atoms with van der Waals surface area (Å²) >= 11 is 6.70. The van der Waals surface area contributed by atoms with E-state index in [4.69, 9.17) is 40.0 Å². The van der Waals surface area contributed by atoms with Crippen LogP contribution in [0.2, 0.25) is 5.02 Å². The van der Waals surface area contributed by atoms with Crippen LogP contribution in [0.25, 0.3) is 0 Å². The lowest BCUT2D eigenvalue weighted by Gasteiger charge is -2.50. The van der Waals surface area contributed by atoms with Gasteiger partial charge in [0.25, 0.3) is 0 Å². The molecule has 0 amide bonds. The Labute approximate surface area is 306 Å². The molecule has 2 bridgehead atoms. The number of hydrogen-bond acceptors (Lipinski definition) is 7. The van der Waals surface area contributed by atoms with E-state index in [1.165, 1.54) is 19.2 Å². The van der Waals surface area contributed by atoms with Crippen LogP contribution in [0.15, 0.2) is 121 Å². The van der Waals surface area contributed by atoms with Crippen LogP contribution in [0.3, 0.4) is 0 Å². The highest BCUT2D eigenvalue weighted by molar-refractivity contribution is 6.31. The quantitative estimate of drug-likeness (QED) is 0.125. The summed E-state index contributed by atoms with van der Waals surface area (Å²) in [6.07, 6.45) is -2.62. The maximum atomic E-state index is 15.2. The van der Waals surface area contributed by atoms with Gasteiger partial charge in [-0.2, -0.15) is 4.39 Å². The third kappa shape index (κ3) is 7.23. The fraction of sp³-hybridized carbons (Fsp3) is 0.286. The fourth-order valence-electron chi connectivity index (χ4n) is 6.93. The van der Waals surface area contributed by atoms with E-state index in [1.54, 1.807) is 18.2 Å². The zero-order chi connectivity index (χ0) is 36.1. The second-order valence-electron chi connectivity index (χ2n) is 13.0. The fourth-order valence-corrected chi connectivity index (χ4v) is 7.12. The number of aliphatic hydroxyl groups excluding tert-OH is 1. The topological polar surface area (TPSA) is 75.6 Å². The Bertz CT molecular complexity index is 1950. The average molecular weight is 729 g/mol. The van der Waals surface area contributed by atoms with Crippen LogP contribution >= 0.6 is 11.6 Å². The van der Waals surface area contributed by atoms with Crippen molar-refractivity contribution in [3.63, 3.8) is 0 Å². The first kappa shape index (κ1) is 36.2. The molecular formula is C42H39ClF2O7. The minimum atomic E-state index is -1.62. The molecule has 0 spiro atoms. The van der Waals surface area contributed by atoms with Gasteiger partial charge in [-0.1, -0.05) is 115 Å². The summed E-state index contributed by atoms with van der Waals surface area (Å²) in [5.41, 5.74) is 2.51. The zero-order valence-corrected chi connectivity index (χ0v) is 29.3. The first-order valence-corrected chi connectivity index (χ1v) is 17.4. The Kier molecular flexibility index (Phi) is 11.0. The summed E-state index contributed by atoms with van der Waals surface area (Å²) in [5.74, 6) is -3.92. The second kappa shape index (κ2) is 15.8. The predicted octanol–water partition coefficient (Wildman–Crippen LogP) is 7.92. The lowest BCUT2D eigenvalue weighted by atomic mass is 9.83. The normalized spacial score (nSPS) is 23.8. The minimum Gasteiger partial charge on any atom is -0.494 e. The molecule has 2 heterocycles. The minimum absolute atomic E-state index is 0.0348. The van der Waals surface area contributed by atoms with E-state index in [9.17, 15) is 9.50 Å². The summed E-state index contributed by atoms with van der Waals surface area (Å²) in [6.45, 7) is 0.125. The molecule has 0 aromatic heterocycles. The van der Waals surface area contributed by atoms with Crippen molar-refractivity contribution < 1.29 is 42.3 Å². The molecule has 5 atom stereocenters. The highest BCUT2D eigenvalue weighted by Gasteiger charge is 2.69. The highest BCUT2D eigenvalue weighted by Crippen LogP contribution is 2.53. The Hall–Kier alpha value is -4.19. The Balaban J connectivity index is 1.31. The van der Waals surface area contributed by atoms with Gasteiger partial charge in [0.1, 0.15) is 23.9 Å². The van der Waals surface area contributed by atoms with Gasteiger partial charge in [-0.05, 0) is 46.0 Å². The molecule has 0 radical (unpaired) electrons. The maximum absolute atomic E-state index is 15.2. The molecule has 7 nitrogen and oxygen atoms in total. The van der Waals surface area contributed by atoms with Crippen LogP contribution in [0.4, 0.5) is 8.78 Å². The third-order valence-corrected chi connectivity index (χ3v) is 10.0. The molecule has 2 fully saturated rings. The smallest absolute Gasteiger partial charge is 0.225 e. The average Bonchev–Trinajstić information content (AvgIpc) is 3.54. The summed E-state index contributed by atoms with van der Waals surface area (Å²) < 4.78 is 68.6. The van der Waals surface area contributed by atoms with E-state index in [1.807, 2.05) is 91.0 Å². The second-order valence-corrected chi connectivity index (χ2v) is 13.4. The van der Waals surface area contributed by atoms with Crippen molar-refractivity contribution in [2.45, 2.75) is 55.9 Å². The van der Waals surface area contributed by atoms with Gasteiger partial charge in [0.15, 0.2) is 11.6 Å². The van der Waals surface area contributed by atoms with Crippen LogP contribution < -0.4 is 4.74 Å². The van der Waals surface area contributed by atoms with Crippen molar-refractivity contribution in [3.05, 3.63) is 171 Å². The number of rotatable bonds is 14. The van der Waals surface area contributed by atoms with Crippen molar-refractivity contribution >= 4 is 11.6 Å². The van der Waals surface area contributed by atoms with Crippen LogP contribution in [0, 0.1) is 11.6 Å². The summed E-state index contributed by atoms with van der Waals surface area (Å²) in [5, 5.41) is 11.4. The van der Waals surface area contributed by atoms with Crippen molar-refractivity contribution in [3.8, 4) is 5.75 Å². The Morgan fingerprint density at radius 3 is 1.87 bits per heavy atom. The molecule has 1 N–H and O–H groups in total. The van der Waals surface area contributed by atoms with E-state index in [-0.39, 0.29) is 44.2 Å². The lowest BCUT2D eigenvalue weighted by Crippen LogP contribution is -2.67. The standard InChI is InChI=1S/C42H39ClF2O7/c1-47-35-20-17-31(36(44)37(35)45)21-32-22-33(18-19-34(32)43)42-40(50-25-30-15-9-4-10-16-30)38(48-23-28-11-5-2-6-12-28)39(41(26-46,52-42)27-51-42)49-24-29-13-7-3-8-14-29/h2-20,22,38-40,46H,21,23-27H2,1H3/t38-,39-,40+,41?,42+/m0/s1. The molecule has 1 unspecified atom stereocenters. The molecule has 5 aromatic carbocycles. The van der Waals surface area contributed by atoms with Crippen LogP contribution in [0.1, 0.15) is 33.4 Å². The summed E-state index contributed by atoms with van der Waals surface area (Å²) in [7, 11) is 1.28. The number of halogens is 3. The van der Waals surface area contributed by atoms with Crippen molar-refractivity contribution in [2.24, 2.45) is 0 Å². The van der Waals surface area contributed by atoms with Crippen LogP contribution in [0.5, 0.6) is 5.75 Å². The van der Waals surface area contributed by atoms with Gasteiger partial charge in [-0.25, -0.2) is 4.39 Å². The maximum Gasteiger partial charge on any atom is 0.225 e. The largest absolute Gasteiger partial charge is 0.494 e. The number of ether oxygens (including phenoxy) is 6. The molecular weight excluding hydrogens is 690 g/mol. The summed E-state index contributed by atoms with van der Waals surface area (Å²) in [6, 6.07) is 37.1. The van der Waals surface area contributed by atoms with E-state index in [0.717, 1.165) is 16.7 Å². The van der Waals surface area contributed by atoms with Gasteiger partial charge in [0.05, 0.1) is 40.1 Å². The van der Waals surface area contributed by atoms with E-state index in [2.05, 4.69) is 0 Å². The number of aliphatic hydroxyl groups is 1. The van der Waals surface area contributed by atoms with E-state index in [0.29, 0.717) is 16.1 Å². The van der Waals surface area contributed by atoms with Crippen LogP contribution in [-0.2, 0) is 55.7 Å².